The maximum atomic E-state index is 11.6. The topological polar surface area (TPSA) is 59.6 Å². The number of carbonyl (C=O) groups is 1. The average molecular weight is 315 g/mol. The van der Waals surface area contributed by atoms with E-state index in [1.165, 1.54) is 0 Å². The van der Waals surface area contributed by atoms with Crippen LogP contribution >= 0.6 is 11.6 Å². The Labute approximate surface area is 131 Å². The Morgan fingerprint density at radius 3 is 2.81 bits per heavy atom. The number of rotatable bonds is 9. The van der Waals surface area contributed by atoms with Gasteiger partial charge in [-0.15, -0.1) is 0 Å². The quantitative estimate of drug-likeness (QED) is 0.684. The van der Waals surface area contributed by atoms with Crippen LogP contribution in [0.15, 0.2) is 18.2 Å². The molecule has 0 aliphatic rings. The molecule has 0 aliphatic heterocycles. The van der Waals surface area contributed by atoms with E-state index < -0.39 is 0 Å². The van der Waals surface area contributed by atoms with E-state index in [-0.39, 0.29) is 18.6 Å². The summed E-state index contributed by atoms with van der Waals surface area (Å²) in [6.07, 6.45) is 0. The van der Waals surface area contributed by atoms with Crippen LogP contribution in [0.5, 0.6) is 5.75 Å². The zero-order valence-corrected chi connectivity index (χ0v) is 13.5. The number of benzene rings is 1. The van der Waals surface area contributed by atoms with Crippen molar-refractivity contribution in [1.29, 1.82) is 0 Å². The molecule has 0 fully saturated rings. The van der Waals surface area contributed by atoms with E-state index in [2.05, 4.69) is 10.6 Å². The predicted octanol–water partition coefficient (Wildman–Crippen LogP) is 1.98. The zero-order chi connectivity index (χ0) is 15.7. The zero-order valence-electron chi connectivity index (χ0n) is 12.7. The van der Waals surface area contributed by atoms with Gasteiger partial charge in [0.25, 0.3) is 5.91 Å². The van der Waals surface area contributed by atoms with Gasteiger partial charge in [-0.25, -0.2) is 0 Å². The lowest BCUT2D eigenvalue weighted by Gasteiger charge is -2.14. The van der Waals surface area contributed by atoms with Gasteiger partial charge >= 0.3 is 0 Å². The molecule has 1 aromatic carbocycles. The van der Waals surface area contributed by atoms with Gasteiger partial charge in [0.15, 0.2) is 6.61 Å². The van der Waals surface area contributed by atoms with Crippen molar-refractivity contribution >= 4 is 17.5 Å². The largest absolute Gasteiger partial charge is 0.482 e. The van der Waals surface area contributed by atoms with Gasteiger partial charge in [-0.2, -0.15) is 0 Å². The van der Waals surface area contributed by atoms with E-state index in [0.29, 0.717) is 23.9 Å². The molecule has 0 saturated heterocycles. The van der Waals surface area contributed by atoms with Crippen LogP contribution in [0.1, 0.15) is 19.4 Å². The molecular formula is C15H23ClN2O3. The molecular weight excluding hydrogens is 292 g/mol. The highest BCUT2D eigenvalue weighted by Gasteiger charge is 2.11. The summed E-state index contributed by atoms with van der Waals surface area (Å²) in [5, 5.41) is 6.50. The standard InChI is InChI=1S/C15H23ClN2O3/c1-11(2)18-14(19)10-21-15-12(5-4-6-13(15)16)9-17-7-8-20-3/h4-6,11,17H,7-10H2,1-3H3,(H,18,19). The number of para-hydroxylation sites is 1. The summed E-state index contributed by atoms with van der Waals surface area (Å²) in [5.41, 5.74) is 0.913. The van der Waals surface area contributed by atoms with E-state index in [1.54, 1.807) is 13.2 Å². The van der Waals surface area contributed by atoms with Crippen molar-refractivity contribution in [1.82, 2.24) is 10.6 Å². The van der Waals surface area contributed by atoms with Gasteiger partial charge in [0, 0.05) is 31.8 Å². The Balaban J connectivity index is 2.60. The predicted molar refractivity (Wildman–Crippen MR) is 83.8 cm³/mol. The van der Waals surface area contributed by atoms with E-state index >= 15 is 0 Å². The van der Waals surface area contributed by atoms with Gasteiger partial charge in [-0.3, -0.25) is 4.79 Å². The van der Waals surface area contributed by atoms with Crippen LogP contribution in [-0.2, 0) is 16.1 Å². The van der Waals surface area contributed by atoms with Crippen LogP contribution in [0.25, 0.3) is 0 Å². The first-order valence-corrected chi connectivity index (χ1v) is 7.31. The average Bonchev–Trinajstić information content (AvgIpc) is 2.42. The summed E-state index contributed by atoms with van der Waals surface area (Å²) in [6, 6.07) is 5.61. The molecule has 5 nitrogen and oxygen atoms in total. The fraction of sp³-hybridized carbons (Fsp3) is 0.533. The minimum Gasteiger partial charge on any atom is -0.482 e. The van der Waals surface area contributed by atoms with E-state index in [9.17, 15) is 4.79 Å². The van der Waals surface area contributed by atoms with Crippen LogP contribution in [-0.4, -0.2) is 38.8 Å². The first-order valence-electron chi connectivity index (χ1n) is 6.93. The van der Waals surface area contributed by atoms with Crippen LogP contribution in [0.3, 0.4) is 0 Å². The molecule has 0 bridgehead atoms. The number of carbonyl (C=O) groups excluding carboxylic acids is 1. The van der Waals surface area contributed by atoms with Gasteiger partial charge in [0.2, 0.25) is 0 Å². The summed E-state index contributed by atoms with van der Waals surface area (Å²) >= 11 is 6.15. The molecule has 0 aliphatic carbocycles. The van der Waals surface area contributed by atoms with Gasteiger partial charge in [-0.1, -0.05) is 23.7 Å². The Hall–Kier alpha value is -1.30. The number of methoxy groups -OCH3 is 1. The van der Waals surface area contributed by atoms with Crippen molar-refractivity contribution in [3.8, 4) is 5.75 Å². The molecule has 2 N–H and O–H groups in total. The normalized spacial score (nSPS) is 10.7. The summed E-state index contributed by atoms with van der Waals surface area (Å²) < 4.78 is 10.5. The number of hydrogen-bond acceptors (Lipinski definition) is 4. The molecule has 0 aromatic heterocycles. The lowest BCUT2D eigenvalue weighted by atomic mass is 10.2. The van der Waals surface area contributed by atoms with E-state index in [0.717, 1.165) is 12.1 Å². The second-order valence-electron chi connectivity index (χ2n) is 4.91. The second kappa shape index (κ2) is 9.60. The number of amides is 1. The van der Waals surface area contributed by atoms with Gasteiger partial charge in [0.05, 0.1) is 11.6 Å². The maximum Gasteiger partial charge on any atom is 0.258 e. The summed E-state index contributed by atoms with van der Waals surface area (Å²) in [6.45, 7) is 5.72. The lowest BCUT2D eigenvalue weighted by molar-refractivity contribution is -0.123. The van der Waals surface area contributed by atoms with Gasteiger partial charge in [0.1, 0.15) is 5.75 Å². The third kappa shape index (κ3) is 6.80. The highest BCUT2D eigenvalue weighted by molar-refractivity contribution is 6.32. The number of hydrogen-bond donors (Lipinski definition) is 2. The molecule has 1 amide bonds. The Kier molecular flexibility index (Phi) is 8.12. The van der Waals surface area contributed by atoms with Crippen molar-refractivity contribution in [3.63, 3.8) is 0 Å². The summed E-state index contributed by atoms with van der Waals surface area (Å²) in [5.74, 6) is 0.381. The number of halogens is 1. The molecule has 0 heterocycles. The molecule has 0 spiro atoms. The first-order chi connectivity index (χ1) is 10.0. The van der Waals surface area contributed by atoms with Crippen molar-refractivity contribution in [2.75, 3.05) is 26.9 Å². The molecule has 1 rings (SSSR count). The van der Waals surface area contributed by atoms with E-state index in [1.807, 2.05) is 26.0 Å². The smallest absolute Gasteiger partial charge is 0.258 e. The lowest BCUT2D eigenvalue weighted by Crippen LogP contribution is -2.34. The molecule has 0 unspecified atom stereocenters. The molecule has 0 saturated carbocycles. The van der Waals surface area contributed by atoms with Crippen molar-refractivity contribution in [2.24, 2.45) is 0 Å². The number of nitrogens with one attached hydrogen (secondary N) is 2. The summed E-state index contributed by atoms with van der Waals surface area (Å²) in [7, 11) is 1.66. The van der Waals surface area contributed by atoms with Gasteiger partial charge < -0.3 is 20.1 Å². The fourth-order valence-electron chi connectivity index (χ4n) is 1.75. The molecule has 118 valence electrons. The van der Waals surface area contributed by atoms with Gasteiger partial charge in [-0.05, 0) is 19.9 Å². The van der Waals surface area contributed by atoms with E-state index in [4.69, 9.17) is 21.1 Å². The fourth-order valence-corrected chi connectivity index (χ4v) is 2.00. The highest BCUT2D eigenvalue weighted by Crippen LogP contribution is 2.28. The third-order valence-corrected chi connectivity index (χ3v) is 2.94. The second-order valence-corrected chi connectivity index (χ2v) is 5.32. The number of ether oxygens (including phenoxy) is 2. The molecule has 6 heteroatoms. The Morgan fingerprint density at radius 1 is 1.38 bits per heavy atom. The molecule has 0 radical (unpaired) electrons. The van der Waals surface area contributed by atoms with Crippen molar-refractivity contribution < 1.29 is 14.3 Å². The van der Waals surface area contributed by atoms with Crippen LogP contribution in [0.2, 0.25) is 5.02 Å². The monoisotopic (exact) mass is 314 g/mol. The third-order valence-electron chi connectivity index (χ3n) is 2.64. The molecule has 0 atom stereocenters. The van der Waals surface area contributed by atoms with Crippen LogP contribution in [0, 0.1) is 0 Å². The SMILES string of the molecule is COCCNCc1cccc(Cl)c1OCC(=O)NC(C)C. The summed E-state index contributed by atoms with van der Waals surface area (Å²) in [4.78, 5) is 11.6. The minimum atomic E-state index is -0.164. The Bertz CT molecular complexity index is 453. The van der Waals surface area contributed by atoms with Crippen LogP contribution in [0.4, 0.5) is 0 Å². The first kappa shape index (κ1) is 17.8. The molecule has 1 aromatic rings. The maximum absolute atomic E-state index is 11.6. The molecule has 21 heavy (non-hydrogen) atoms. The Morgan fingerprint density at radius 2 is 2.14 bits per heavy atom. The highest BCUT2D eigenvalue weighted by atomic mass is 35.5. The van der Waals surface area contributed by atoms with Crippen molar-refractivity contribution in [2.45, 2.75) is 26.4 Å². The van der Waals surface area contributed by atoms with Crippen molar-refractivity contribution in [3.05, 3.63) is 28.8 Å². The van der Waals surface area contributed by atoms with Crippen LogP contribution < -0.4 is 15.4 Å². The minimum absolute atomic E-state index is 0.0486.